The highest BCUT2D eigenvalue weighted by atomic mass is 79.9. The Hall–Kier alpha value is -1.14. The maximum Gasteiger partial charge on any atom is 0.221 e. The summed E-state index contributed by atoms with van der Waals surface area (Å²) in [5.41, 5.74) is 7.30. The molecule has 0 bridgehead atoms. The molecule has 0 aliphatic rings. The first kappa shape index (κ1) is 15.9. The van der Waals surface area contributed by atoms with E-state index in [1.165, 1.54) is 0 Å². The van der Waals surface area contributed by atoms with Crippen molar-refractivity contribution in [3.63, 3.8) is 0 Å². The van der Waals surface area contributed by atoms with E-state index in [1.807, 2.05) is 32.0 Å². The predicted molar refractivity (Wildman–Crippen MR) is 86.4 cm³/mol. The second-order valence-electron chi connectivity index (χ2n) is 4.46. The van der Waals surface area contributed by atoms with E-state index in [0.29, 0.717) is 18.0 Å². The molecule has 0 radical (unpaired) electrons. The van der Waals surface area contributed by atoms with Crippen LogP contribution in [0.2, 0.25) is 0 Å². The number of hydrogen-bond acceptors (Lipinski definition) is 3. The van der Waals surface area contributed by atoms with Crippen LogP contribution in [0.4, 0.5) is 5.69 Å². The van der Waals surface area contributed by atoms with Crippen molar-refractivity contribution in [2.45, 2.75) is 26.3 Å². The molecule has 1 aromatic rings. The average molecular weight is 344 g/mol. The van der Waals surface area contributed by atoms with Gasteiger partial charge in [0, 0.05) is 34.7 Å². The molecular formula is C13H18BrN3OS. The molecule has 4 nitrogen and oxygen atoms in total. The maximum atomic E-state index is 11.5. The van der Waals surface area contributed by atoms with Crippen LogP contribution >= 0.6 is 28.1 Å². The number of halogens is 1. The summed E-state index contributed by atoms with van der Waals surface area (Å²) < 4.78 is 0.844. The van der Waals surface area contributed by atoms with Crippen LogP contribution in [0.25, 0.3) is 0 Å². The molecule has 0 saturated heterocycles. The molecule has 0 aromatic heterocycles. The molecule has 0 aliphatic carbocycles. The number of nitrogens with one attached hydrogen (secondary N) is 2. The predicted octanol–water partition coefficient (Wildman–Crippen LogP) is 2.41. The summed E-state index contributed by atoms with van der Waals surface area (Å²) in [6, 6.07) is 5.81. The Morgan fingerprint density at radius 1 is 1.47 bits per heavy atom. The highest BCUT2D eigenvalue weighted by molar-refractivity contribution is 9.10. The highest BCUT2D eigenvalue weighted by Crippen LogP contribution is 2.21. The molecule has 0 unspecified atom stereocenters. The van der Waals surface area contributed by atoms with E-state index in [-0.39, 0.29) is 11.9 Å². The van der Waals surface area contributed by atoms with Crippen LogP contribution in [-0.4, -0.2) is 23.5 Å². The topological polar surface area (TPSA) is 67.2 Å². The highest BCUT2D eigenvalue weighted by Gasteiger charge is 2.05. The smallest absolute Gasteiger partial charge is 0.221 e. The van der Waals surface area contributed by atoms with Gasteiger partial charge in [0.25, 0.3) is 0 Å². The van der Waals surface area contributed by atoms with Gasteiger partial charge in [0.05, 0.1) is 0 Å². The molecule has 6 heteroatoms. The number of rotatable bonds is 6. The fourth-order valence-corrected chi connectivity index (χ4v) is 2.44. The van der Waals surface area contributed by atoms with Crippen molar-refractivity contribution in [2.24, 2.45) is 5.73 Å². The zero-order valence-electron chi connectivity index (χ0n) is 11.0. The average Bonchev–Trinajstić information content (AvgIpc) is 2.27. The van der Waals surface area contributed by atoms with Gasteiger partial charge in [-0.1, -0.05) is 12.2 Å². The molecule has 104 valence electrons. The standard InChI is InChI=1S/C13H18BrN3OS/c1-8(2)17-12(18)5-6-16-9-3-4-10(13(15)19)11(14)7-9/h3-4,7-8,16H,5-6H2,1-2H3,(H2,15,19)(H,17,18). The Morgan fingerprint density at radius 3 is 2.68 bits per heavy atom. The largest absolute Gasteiger partial charge is 0.389 e. The minimum Gasteiger partial charge on any atom is -0.389 e. The Bertz CT molecular complexity index is 477. The van der Waals surface area contributed by atoms with Gasteiger partial charge in [0.2, 0.25) is 5.91 Å². The maximum absolute atomic E-state index is 11.5. The van der Waals surface area contributed by atoms with Gasteiger partial charge < -0.3 is 16.4 Å². The molecular weight excluding hydrogens is 326 g/mol. The Balaban J connectivity index is 2.48. The third-order valence-electron chi connectivity index (χ3n) is 2.37. The van der Waals surface area contributed by atoms with Crippen LogP contribution in [0.15, 0.2) is 22.7 Å². The van der Waals surface area contributed by atoms with Gasteiger partial charge in [-0.25, -0.2) is 0 Å². The summed E-state index contributed by atoms with van der Waals surface area (Å²) in [6.45, 7) is 4.46. The van der Waals surface area contributed by atoms with E-state index in [0.717, 1.165) is 15.7 Å². The van der Waals surface area contributed by atoms with Crippen molar-refractivity contribution in [3.05, 3.63) is 28.2 Å². The van der Waals surface area contributed by atoms with Gasteiger partial charge in [0.15, 0.2) is 0 Å². The van der Waals surface area contributed by atoms with Crippen molar-refractivity contribution in [1.82, 2.24) is 5.32 Å². The van der Waals surface area contributed by atoms with Crippen molar-refractivity contribution in [2.75, 3.05) is 11.9 Å². The van der Waals surface area contributed by atoms with Crippen LogP contribution in [0.1, 0.15) is 25.8 Å². The van der Waals surface area contributed by atoms with E-state index < -0.39 is 0 Å². The van der Waals surface area contributed by atoms with Gasteiger partial charge in [-0.15, -0.1) is 0 Å². The van der Waals surface area contributed by atoms with Crippen molar-refractivity contribution in [3.8, 4) is 0 Å². The number of anilines is 1. The first-order chi connectivity index (χ1) is 8.90. The summed E-state index contributed by atoms with van der Waals surface area (Å²) in [5.74, 6) is 0.0429. The molecule has 0 fully saturated rings. The Kier molecular flexibility index (Phi) is 6.24. The van der Waals surface area contributed by atoms with Crippen molar-refractivity contribution >= 4 is 44.7 Å². The van der Waals surface area contributed by atoms with Gasteiger partial charge in [-0.2, -0.15) is 0 Å². The number of amides is 1. The molecule has 1 amide bonds. The van der Waals surface area contributed by atoms with Crippen LogP contribution in [0.3, 0.4) is 0 Å². The summed E-state index contributed by atoms with van der Waals surface area (Å²) >= 11 is 8.34. The molecule has 0 aliphatic heterocycles. The number of nitrogens with two attached hydrogens (primary N) is 1. The van der Waals surface area contributed by atoms with E-state index in [9.17, 15) is 4.79 Å². The minimum absolute atomic E-state index is 0.0429. The SMILES string of the molecule is CC(C)NC(=O)CCNc1ccc(C(N)=S)c(Br)c1. The van der Waals surface area contributed by atoms with Crippen molar-refractivity contribution < 1.29 is 4.79 Å². The summed E-state index contributed by atoms with van der Waals surface area (Å²) in [4.78, 5) is 11.8. The minimum atomic E-state index is 0.0429. The van der Waals surface area contributed by atoms with Crippen LogP contribution < -0.4 is 16.4 Å². The van der Waals surface area contributed by atoms with Crippen LogP contribution in [-0.2, 0) is 4.79 Å². The molecule has 4 N–H and O–H groups in total. The second kappa shape index (κ2) is 7.45. The molecule has 0 atom stereocenters. The van der Waals surface area contributed by atoms with Gasteiger partial charge in [-0.3, -0.25) is 4.79 Å². The number of carbonyl (C=O) groups excluding carboxylic acids is 1. The lowest BCUT2D eigenvalue weighted by molar-refractivity contribution is -0.121. The Labute approximate surface area is 127 Å². The normalized spacial score (nSPS) is 10.3. The molecule has 0 heterocycles. The van der Waals surface area contributed by atoms with E-state index >= 15 is 0 Å². The van der Waals surface area contributed by atoms with E-state index in [1.54, 1.807) is 0 Å². The summed E-state index contributed by atoms with van der Waals surface area (Å²) in [6.07, 6.45) is 0.437. The van der Waals surface area contributed by atoms with Crippen LogP contribution in [0, 0.1) is 0 Å². The fraction of sp³-hybridized carbons (Fsp3) is 0.385. The van der Waals surface area contributed by atoms with E-state index in [2.05, 4.69) is 26.6 Å². The zero-order valence-corrected chi connectivity index (χ0v) is 13.4. The lowest BCUT2D eigenvalue weighted by Gasteiger charge is -2.10. The van der Waals surface area contributed by atoms with Crippen molar-refractivity contribution in [1.29, 1.82) is 0 Å². The summed E-state index contributed by atoms with van der Waals surface area (Å²) in [5, 5.41) is 6.02. The van der Waals surface area contributed by atoms with Gasteiger partial charge in [-0.05, 0) is 48.0 Å². The first-order valence-electron chi connectivity index (χ1n) is 6.02. The molecule has 0 spiro atoms. The number of carbonyl (C=O) groups is 1. The summed E-state index contributed by atoms with van der Waals surface area (Å²) in [7, 11) is 0. The second-order valence-corrected chi connectivity index (χ2v) is 5.75. The van der Waals surface area contributed by atoms with E-state index in [4.69, 9.17) is 18.0 Å². The number of hydrogen-bond donors (Lipinski definition) is 3. The quantitative estimate of drug-likeness (QED) is 0.694. The Morgan fingerprint density at radius 2 is 2.16 bits per heavy atom. The number of benzene rings is 1. The van der Waals surface area contributed by atoms with Gasteiger partial charge in [0.1, 0.15) is 4.99 Å². The third-order valence-corrected chi connectivity index (χ3v) is 3.24. The third kappa shape index (κ3) is 5.57. The molecule has 0 saturated carbocycles. The molecule has 1 aromatic carbocycles. The fourth-order valence-electron chi connectivity index (χ4n) is 1.54. The zero-order chi connectivity index (χ0) is 14.4. The van der Waals surface area contributed by atoms with Crippen LogP contribution in [0.5, 0.6) is 0 Å². The lowest BCUT2D eigenvalue weighted by Crippen LogP contribution is -2.31. The van der Waals surface area contributed by atoms with Gasteiger partial charge >= 0.3 is 0 Å². The first-order valence-corrected chi connectivity index (χ1v) is 7.23. The molecule has 1 rings (SSSR count). The molecule has 19 heavy (non-hydrogen) atoms. The monoisotopic (exact) mass is 343 g/mol. The lowest BCUT2D eigenvalue weighted by atomic mass is 10.2. The number of thiocarbonyl (C=S) groups is 1.